The first-order valence-electron chi connectivity index (χ1n) is 6.66. The molecule has 2 N–H and O–H groups in total. The Bertz CT molecular complexity index is 885. The van der Waals surface area contributed by atoms with Gasteiger partial charge < -0.3 is 0 Å². The average molecular weight is 400 g/mol. The van der Waals surface area contributed by atoms with Crippen LogP contribution in [0.3, 0.4) is 0 Å². The summed E-state index contributed by atoms with van der Waals surface area (Å²) in [5, 5.41) is 9.49. The van der Waals surface area contributed by atoms with Gasteiger partial charge in [0, 0.05) is 6.20 Å². The molecule has 6 nitrogen and oxygen atoms in total. The number of hydrogen-bond donors (Lipinski definition) is 2. The van der Waals surface area contributed by atoms with Gasteiger partial charge in [-0.05, 0) is 31.2 Å². The van der Waals surface area contributed by atoms with Crippen molar-refractivity contribution in [1.82, 2.24) is 15.0 Å². The Kier molecular flexibility index (Phi) is 5.03. The second-order valence-corrected chi connectivity index (χ2v) is 6.66. The second kappa shape index (κ2) is 6.63. The van der Waals surface area contributed by atoms with Gasteiger partial charge in [0.25, 0.3) is 10.0 Å². The molecule has 0 spiro atoms. The molecule has 0 radical (unpaired) electrons. The number of aromatic amines is 1. The van der Waals surface area contributed by atoms with E-state index in [-0.39, 0.29) is 23.9 Å². The first kappa shape index (κ1) is 19.8. The third-order valence-corrected chi connectivity index (χ3v) is 4.28. The Balaban J connectivity index is 2.46. The molecule has 1 aromatic heterocycles. The molecule has 2 rings (SSSR count). The molecular weight excluding hydrogens is 390 g/mol. The first-order valence-corrected chi connectivity index (χ1v) is 8.14. The summed E-state index contributed by atoms with van der Waals surface area (Å²) in [7, 11) is -4.78. The summed E-state index contributed by atoms with van der Waals surface area (Å²) >= 11 is 0. The number of hydrogen-bond acceptors (Lipinski definition) is 4. The zero-order valence-electron chi connectivity index (χ0n) is 12.8. The lowest BCUT2D eigenvalue weighted by molar-refractivity contribution is -0.143. The third-order valence-electron chi connectivity index (χ3n) is 3.10. The summed E-state index contributed by atoms with van der Waals surface area (Å²) in [6.07, 6.45) is -8.99. The fourth-order valence-corrected chi connectivity index (χ4v) is 2.71. The number of alkyl halides is 6. The Labute approximate surface area is 143 Å². The van der Waals surface area contributed by atoms with Gasteiger partial charge in [-0.3, -0.25) is 5.10 Å². The van der Waals surface area contributed by atoms with Crippen LogP contribution in [-0.2, 0) is 22.4 Å². The second-order valence-electron chi connectivity index (χ2n) is 5.00. The minimum atomic E-state index is -5.17. The molecule has 0 fully saturated rings. The van der Waals surface area contributed by atoms with E-state index in [0.717, 1.165) is 0 Å². The standard InChI is InChI=1S/C13H10F6N4O2S/c1-7(11-2-3-20-22-11)21-23-26(24,25)10-5-8(12(14,15)16)4-9(6-10)13(17,18)19/h2-6,23H,1H3,(H,20,22)/b21-7-. The minimum absolute atomic E-state index is 0.0640. The fourth-order valence-electron chi connectivity index (χ4n) is 1.78. The van der Waals surface area contributed by atoms with Crippen molar-refractivity contribution in [3.8, 4) is 0 Å². The molecule has 0 aliphatic heterocycles. The van der Waals surface area contributed by atoms with Crippen LogP contribution in [0, 0.1) is 0 Å². The number of nitrogens with one attached hydrogen (secondary N) is 2. The van der Waals surface area contributed by atoms with Crippen molar-refractivity contribution in [3.63, 3.8) is 0 Å². The van der Waals surface area contributed by atoms with Gasteiger partial charge >= 0.3 is 12.4 Å². The molecule has 0 atom stereocenters. The van der Waals surface area contributed by atoms with Crippen molar-refractivity contribution >= 4 is 15.7 Å². The Morgan fingerprint density at radius 2 is 1.62 bits per heavy atom. The maximum atomic E-state index is 12.8. The lowest BCUT2D eigenvalue weighted by Crippen LogP contribution is -2.22. The van der Waals surface area contributed by atoms with Crippen LogP contribution >= 0.6 is 0 Å². The van der Waals surface area contributed by atoms with Crippen LogP contribution in [0.15, 0.2) is 40.5 Å². The van der Waals surface area contributed by atoms with Crippen molar-refractivity contribution in [1.29, 1.82) is 0 Å². The molecule has 1 aromatic carbocycles. The number of aromatic nitrogens is 2. The molecule has 0 aliphatic carbocycles. The summed E-state index contributed by atoms with van der Waals surface area (Å²) in [6, 6.07) is 1.45. The van der Waals surface area contributed by atoms with Crippen molar-refractivity contribution in [2.45, 2.75) is 24.2 Å². The Morgan fingerprint density at radius 1 is 1.08 bits per heavy atom. The highest BCUT2D eigenvalue weighted by Crippen LogP contribution is 2.37. The van der Waals surface area contributed by atoms with E-state index in [2.05, 4.69) is 15.3 Å². The van der Waals surface area contributed by atoms with Gasteiger partial charge in [0.1, 0.15) is 0 Å². The molecule has 0 saturated carbocycles. The van der Waals surface area contributed by atoms with Gasteiger partial charge in [0.05, 0.1) is 27.4 Å². The summed E-state index contributed by atoms with van der Waals surface area (Å²) in [4.78, 5) is 0.377. The van der Waals surface area contributed by atoms with E-state index in [1.165, 1.54) is 19.2 Å². The summed E-state index contributed by atoms with van der Waals surface area (Å²) in [6.45, 7) is 1.35. The zero-order valence-corrected chi connectivity index (χ0v) is 13.6. The van der Waals surface area contributed by atoms with E-state index in [9.17, 15) is 34.8 Å². The number of rotatable bonds is 4. The molecule has 0 saturated heterocycles. The van der Waals surface area contributed by atoms with Crippen LogP contribution in [0.1, 0.15) is 23.7 Å². The van der Waals surface area contributed by atoms with E-state index < -0.39 is 38.4 Å². The van der Waals surface area contributed by atoms with Crippen molar-refractivity contribution < 1.29 is 34.8 Å². The molecule has 0 aliphatic rings. The molecule has 13 heteroatoms. The molecule has 142 valence electrons. The molecule has 1 heterocycles. The monoisotopic (exact) mass is 400 g/mol. The minimum Gasteiger partial charge on any atom is -0.277 e. The Morgan fingerprint density at radius 3 is 2.04 bits per heavy atom. The normalized spacial score (nSPS) is 13.7. The van der Waals surface area contributed by atoms with E-state index in [4.69, 9.17) is 0 Å². The molecule has 0 bridgehead atoms. The third kappa shape index (κ3) is 4.53. The van der Waals surface area contributed by atoms with Crippen LogP contribution in [0.2, 0.25) is 0 Å². The lowest BCUT2D eigenvalue weighted by Gasteiger charge is -2.14. The predicted octanol–water partition coefficient (Wildman–Crippen LogP) is 3.15. The van der Waals surface area contributed by atoms with Crippen LogP contribution in [0.5, 0.6) is 0 Å². The highest BCUT2D eigenvalue weighted by molar-refractivity contribution is 7.89. The number of hydrazone groups is 1. The molecule has 26 heavy (non-hydrogen) atoms. The highest BCUT2D eigenvalue weighted by Gasteiger charge is 2.38. The zero-order chi connectivity index (χ0) is 19.8. The molecule has 0 unspecified atom stereocenters. The molecule has 0 amide bonds. The number of benzene rings is 1. The smallest absolute Gasteiger partial charge is 0.277 e. The first-order chi connectivity index (χ1) is 11.8. The average Bonchev–Trinajstić information content (AvgIpc) is 3.05. The summed E-state index contributed by atoms with van der Waals surface area (Å²) < 4.78 is 101. The number of halogens is 6. The van der Waals surface area contributed by atoms with Crippen molar-refractivity contribution in [2.24, 2.45) is 5.10 Å². The van der Waals surface area contributed by atoms with Gasteiger partial charge in [0.15, 0.2) is 0 Å². The predicted molar refractivity (Wildman–Crippen MR) is 77.6 cm³/mol. The topological polar surface area (TPSA) is 87.2 Å². The maximum absolute atomic E-state index is 12.8. The van der Waals surface area contributed by atoms with Crippen molar-refractivity contribution in [2.75, 3.05) is 0 Å². The van der Waals surface area contributed by atoms with Crippen LogP contribution in [0.25, 0.3) is 0 Å². The van der Waals surface area contributed by atoms with Crippen LogP contribution < -0.4 is 4.83 Å². The largest absolute Gasteiger partial charge is 0.416 e. The van der Waals surface area contributed by atoms with E-state index >= 15 is 0 Å². The van der Waals surface area contributed by atoms with Gasteiger partial charge in [-0.1, -0.05) is 0 Å². The quantitative estimate of drug-likeness (QED) is 0.470. The Hall–Kier alpha value is -2.57. The highest BCUT2D eigenvalue weighted by atomic mass is 32.2. The van der Waals surface area contributed by atoms with Gasteiger partial charge in [-0.25, -0.2) is 0 Å². The van der Waals surface area contributed by atoms with Crippen molar-refractivity contribution in [3.05, 3.63) is 47.3 Å². The van der Waals surface area contributed by atoms with E-state index in [0.29, 0.717) is 5.69 Å². The number of H-pyrrole nitrogens is 1. The lowest BCUT2D eigenvalue weighted by atomic mass is 10.1. The van der Waals surface area contributed by atoms with Gasteiger partial charge in [-0.2, -0.15) is 49.8 Å². The maximum Gasteiger partial charge on any atom is 0.416 e. The summed E-state index contributed by atoms with van der Waals surface area (Å²) in [5.41, 5.74) is -3.13. The fraction of sp³-hybridized carbons (Fsp3) is 0.231. The SMILES string of the molecule is C/C(=N/NS(=O)(=O)c1cc(C(F)(F)F)cc(C(F)(F)F)c1)c1ccn[nH]1. The number of nitrogens with zero attached hydrogens (tertiary/aromatic N) is 2. The van der Waals surface area contributed by atoms with E-state index in [1.807, 2.05) is 0 Å². The molecule has 2 aromatic rings. The number of sulfonamides is 1. The van der Waals surface area contributed by atoms with E-state index in [1.54, 1.807) is 4.83 Å². The van der Waals surface area contributed by atoms with Gasteiger partial charge in [0.2, 0.25) is 0 Å². The van der Waals surface area contributed by atoms with Crippen LogP contribution in [0.4, 0.5) is 26.3 Å². The summed E-state index contributed by atoms with van der Waals surface area (Å²) in [5.74, 6) is 0. The van der Waals surface area contributed by atoms with Crippen LogP contribution in [-0.4, -0.2) is 24.3 Å². The molecular formula is C13H10F6N4O2S. The van der Waals surface area contributed by atoms with Gasteiger partial charge in [-0.15, -0.1) is 0 Å².